The van der Waals surface area contributed by atoms with Crippen LogP contribution < -0.4 is 5.73 Å². The third kappa shape index (κ3) is 1.93. The lowest BCUT2D eigenvalue weighted by molar-refractivity contribution is -0.143. The summed E-state index contributed by atoms with van der Waals surface area (Å²) in [5, 5.41) is 8.94. The largest absolute Gasteiger partial charge is 0.480 e. The number of aliphatic carboxylic acids is 1. The number of carbonyl (C=O) groups is 1. The third-order valence-corrected chi connectivity index (χ3v) is 2.61. The molecule has 0 aliphatic carbocycles. The second-order valence-electron chi connectivity index (χ2n) is 3.36. The molecule has 0 aliphatic rings. The van der Waals surface area contributed by atoms with Gasteiger partial charge in [-0.3, -0.25) is 0 Å². The molecule has 76 valence electrons. The first-order valence-corrected chi connectivity index (χ1v) is 4.80. The number of pyridine rings is 1. The van der Waals surface area contributed by atoms with E-state index in [1.165, 1.54) is 6.92 Å². The molecule has 1 unspecified atom stereocenters. The van der Waals surface area contributed by atoms with E-state index in [-0.39, 0.29) is 0 Å². The number of nitrogens with two attached hydrogens (primary N) is 1. The summed E-state index contributed by atoms with van der Waals surface area (Å²) in [5.74, 6) is -1.08. The summed E-state index contributed by atoms with van der Waals surface area (Å²) in [6, 6.07) is 1.71. The molecule has 1 heterocycles. The minimum atomic E-state index is -1.42. The minimum absolute atomic E-state index is 0.468. The molecular weight excluding hydrogens is 248 g/mol. The van der Waals surface area contributed by atoms with Crippen molar-refractivity contribution in [1.82, 2.24) is 4.98 Å². The van der Waals surface area contributed by atoms with Crippen molar-refractivity contribution in [3.8, 4) is 0 Å². The van der Waals surface area contributed by atoms with Gasteiger partial charge in [0.1, 0.15) is 10.1 Å². The molecule has 0 fully saturated rings. The molecule has 0 bridgehead atoms. The van der Waals surface area contributed by atoms with Crippen LogP contribution in [0.1, 0.15) is 18.1 Å². The molecule has 1 aromatic rings. The Bertz CT molecular complexity index is 377. The topological polar surface area (TPSA) is 76.2 Å². The van der Waals surface area contributed by atoms with Crippen molar-refractivity contribution < 1.29 is 9.90 Å². The Hall–Kier alpha value is -0.940. The molecule has 0 aromatic carbocycles. The molecule has 1 aromatic heterocycles. The second kappa shape index (κ2) is 3.67. The molecule has 0 radical (unpaired) electrons. The van der Waals surface area contributed by atoms with Crippen molar-refractivity contribution in [3.63, 3.8) is 0 Å². The van der Waals surface area contributed by atoms with Gasteiger partial charge in [-0.25, -0.2) is 9.78 Å². The summed E-state index contributed by atoms with van der Waals surface area (Å²) >= 11 is 3.18. The summed E-state index contributed by atoms with van der Waals surface area (Å²) in [6.45, 7) is 3.28. The number of halogens is 1. The fraction of sp³-hybridized carbons (Fsp3) is 0.333. The van der Waals surface area contributed by atoms with Gasteiger partial charge >= 0.3 is 5.97 Å². The summed E-state index contributed by atoms with van der Waals surface area (Å²) in [5.41, 5.74) is 5.62. The molecule has 0 saturated carbocycles. The van der Waals surface area contributed by atoms with E-state index in [2.05, 4.69) is 20.9 Å². The van der Waals surface area contributed by atoms with Crippen molar-refractivity contribution in [1.29, 1.82) is 0 Å². The number of nitrogens with zero attached hydrogens (tertiary/aromatic N) is 1. The smallest absolute Gasteiger partial charge is 0.328 e. The van der Waals surface area contributed by atoms with Crippen molar-refractivity contribution in [2.45, 2.75) is 19.4 Å². The predicted molar refractivity (Wildman–Crippen MR) is 55.8 cm³/mol. The zero-order valence-corrected chi connectivity index (χ0v) is 9.50. The quantitative estimate of drug-likeness (QED) is 0.787. The number of aryl methyl sites for hydroxylation is 1. The maximum atomic E-state index is 10.9. The number of carboxylic acid groups (broad SMARTS) is 1. The number of aromatic nitrogens is 1. The molecule has 4 nitrogen and oxygen atoms in total. The number of hydrogen-bond acceptors (Lipinski definition) is 3. The molecule has 3 N–H and O–H groups in total. The lowest BCUT2D eigenvalue weighted by Crippen LogP contribution is -2.42. The lowest BCUT2D eigenvalue weighted by Gasteiger charge is -2.20. The first kappa shape index (κ1) is 11.1. The van der Waals surface area contributed by atoms with E-state index in [0.717, 1.165) is 5.56 Å². The fourth-order valence-corrected chi connectivity index (χ4v) is 1.66. The standard InChI is InChI=1S/C9H11BrN2O2/c1-5-3-6(7(10)12-4-5)9(2,11)8(13)14/h3-4H,11H2,1-2H3,(H,13,14). The van der Waals surface area contributed by atoms with Gasteiger partial charge in [-0.05, 0) is 41.4 Å². The van der Waals surface area contributed by atoms with Gasteiger partial charge in [0.25, 0.3) is 0 Å². The van der Waals surface area contributed by atoms with E-state index in [9.17, 15) is 4.79 Å². The van der Waals surface area contributed by atoms with Crippen LogP contribution in [0, 0.1) is 6.92 Å². The van der Waals surface area contributed by atoms with Gasteiger partial charge in [0.15, 0.2) is 0 Å². The average Bonchev–Trinajstić information content (AvgIpc) is 2.08. The van der Waals surface area contributed by atoms with Crippen LogP contribution in [-0.4, -0.2) is 16.1 Å². The maximum absolute atomic E-state index is 10.9. The van der Waals surface area contributed by atoms with Gasteiger partial charge in [-0.2, -0.15) is 0 Å². The lowest BCUT2D eigenvalue weighted by atomic mass is 9.94. The Morgan fingerprint density at radius 2 is 2.29 bits per heavy atom. The summed E-state index contributed by atoms with van der Waals surface area (Å²) in [4.78, 5) is 14.9. The van der Waals surface area contributed by atoms with E-state index in [1.54, 1.807) is 12.3 Å². The van der Waals surface area contributed by atoms with Crippen LogP contribution in [0.3, 0.4) is 0 Å². The number of carboxylic acids is 1. The van der Waals surface area contributed by atoms with Crippen LogP contribution in [0.5, 0.6) is 0 Å². The van der Waals surface area contributed by atoms with Crippen LogP contribution >= 0.6 is 15.9 Å². The van der Waals surface area contributed by atoms with Gasteiger partial charge in [-0.15, -0.1) is 0 Å². The van der Waals surface area contributed by atoms with Gasteiger partial charge < -0.3 is 10.8 Å². The molecule has 0 aliphatic heterocycles. The van der Waals surface area contributed by atoms with Crippen LogP contribution in [0.25, 0.3) is 0 Å². The molecule has 5 heteroatoms. The predicted octanol–water partition coefficient (Wildman–Crippen LogP) is 1.41. The van der Waals surface area contributed by atoms with E-state index in [1.807, 2.05) is 6.92 Å². The van der Waals surface area contributed by atoms with Gasteiger partial charge in [0.05, 0.1) is 0 Å². The molecule has 14 heavy (non-hydrogen) atoms. The first-order chi connectivity index (χ1) is 6.35. The Morgan fingerprint density at radius 1 is 1.71 bits per heavy atom. The molecular formula is C9H11BrN2O2. The van der Waals surface area contributed by atoms with Gasteiger partial charge in [0, 0.05) is 11.8 Å². The van der Waals surface area contributed by atoms with Gasteiger partial charge in [-0.1, -0.05) is 0 Å². The number of hydrogen-bond donors (Lipinski definition) is 2. The van der Waals surface area contributed by atoms with E-state index >= 15 is 0 Å². The first-order valence-electron chi connectivity index (χ1n) is 4.00. The highest BCUT2D eigenvalue weighted by Gasteiger charge is 2.32. The summed E-state index contributed by atoms with van der Waals surface area (Å²) < 4.78 is 0.468. The average molecular weight is 259 g/mol. The van der Waals surface area contributed by atoms with Crippen LogP contribution in [0.15, 0.2) is 16.9 Å². The van der Waals surface area contributed by atoms with E-state index in [4.69, 9.17) is 10.8 Å². The Kier molecular flexibility index (Phi) is 2.92. The zero-order chi connectivity index (χ0) is 10.9. The molecule has 0 spiro atoms. The van der Waals surface area contributed by atoms with Crippen molar-refractivity contribution in [3.05, 3.63) is 28.0 Å². The number of rotatable bonds is 2. The van der Waals surface area contributed by atoms with E-state index < -0.39 is 11.5 Å². The molecule has 0 saturated heterocycles. The van der Waals surface area contributed by atoms with Gasteiger partial charge in [0.2, 0.25) is 0 Å². The Balaban J connectivity index is 3.31. The van der Waals surface area contributed by atoms with Crippen molar-refractivity contribution >= 4 is 21.9 Å². The Labute approximate surface area is 90.3 Å². The monoisotopic (exact) mass is 258 g/mol. The van der Waals surface area contributed by atoms with Crippen LogP contribution in [0.4, 0.5) is 0 Å². The third-order valence-electron chi connectivity index (χ3n) is 1.98. The van der Waals surface area contributed by atoms with E-state index in [0.29, 0.717) is 10.2 Å². The maximum Gasteiger partial charge on any atom is 0.328 e. The highest BCUT2D eigenvalue weighted by molar-refractivity contribution is 9.10. The SMILES string of the molecule is Cc1cnc(Br)c(C(C)(N)C(=O)O)c1. The van der Waals surface area contributed by atoms with Crippen molar-refractivity contribution in [2.75, 3.05) is 0 Å². The highest BCUT2D eigenvalue weighted by Crippen LogP contribution is 2.25. The van der Waals surface area contributed by atoms with Crippen LogP contribution in [-0.2, 0) is 10.3 Å². The van der Waals surface area contributed by atoms with Crippen LogP contribution in [0.2, 0.25) is 0 Å². The highest BCUT2D eigenvalue weighted by atomic mass is 79.9. The zero-order valence-electron chi connectivity index (χ0n) is 7.91. The Morgan fingerprint density at radius 3 is 2.79 bits per heavy atom. The molecule has 1 rings (SSSR count). The molecule has 1 atom stereocenters. The summed E-state index contributed by atoms with van der Waals surface area (Å²) in [7, 11) is 0. The fourth-order valence-electron chi connectivity index (χ4n) is 1.03. The molecule has 0 amide bonds. The normalized spacial score (nSPS) is 14.9. The minimum Gasteiger partial charge on any atom is -0.480 e. The summed E-state index contributed by atoms with van der Waals surface area (Å²) in [6.07, 6.45) is 1.64. The van der Waals surface area contributed by atoms with Crippen molar-refractivity contribution in [2.24, 2.45) is 5.73 Å². The second-order valence-corrected chi connectivity index (χ2v) is 4.11.